The summed E-state index contributed by atoms with van der Waals surface area (Å²) < 4.78 is 10.3. The van der Waals surface area contributed by atoms with Gasteiger partial charge in [-0.1, -0.05) is 6.92 Å². The van der Waals surface area contributed by atoms with E-state index >= 15 is 0 Å². The Balaban J connectivity index is 2.02. The Labute approximate surface area is 113 Å². The van der Waals surface area contributed by atoms with Crippen molar-refractivity contribution in [3.05, 3.63) is 23.2 Å². The molecule has 1 aromatic rings. The van der Waals surface area contributed by atoms with Crippen molar-refractivity contribution in [2.75, 3.05) is 20.2 Å². The average molecular weight is 267 g/mol. The molecular formula is C14H21NO4. The number of likely N-dealkylation sites (tertiary alicyclic amines) is 1. The molecule has 1 fully saturated rings. The summed E-state index contributed by atoms with van der Waals surface area (Å²) in [5, 5.41) is 9.70. The van der Waals surface area contributed by atoms with E-state index in [1.54, 1.807) is 13.0 Å². The number of rotatable bonds is 3. The van der Waals surface area contributed by atoms with Crippen molar-refractivity contribution in [3.8, 4) is 0 Å². The van der Waals surface area contributed by atoms with E-state index in [0.717, 1.165) is 25.3 Å². The van der Waals surface area contributed by atoms with Crippen LogP contribution in [0.1, 0.15) is 35.2 Å². The van der Waals surface area contributed by atoms with E-state index in [4.69, 9.17) is 9.15 Å². The third-order valence-corrected chi connectivity index (χ3v) is 3.70. The van der Waals surface area contributed by atoms with Gasteiger partial charge in [-0.25, -0.2) is 4.79 Å². The van der Waals surface area contributed by atoms with Crippen LogP contribution < -0.4 is 0 Å². The van der Waals surface area contributed by atoms with Crippen LogP contribution in [0.25, 0.3) is 0 Å². The van der Waals surface area contributed by atoms with E-state index in [2.05, 4.69) is 4.90 Å². The van der Waals surface area contributed by atoms with Gasteiger partial charge in [0.2, 0.25) is 0 Å². The van der Waals surface area contributed by atoms with E-state index in [1.165, 1.54) is 7.11 Å². The van der Waals surface area contributed by atoms with Gasteiger partial charge in [-0.15, -0.1) is 0 Å². The highest BCUT2D eigenvalue weighted by Crippen LogP contribution is 2.21. The summed E-state index contributed by atoms with van der Waals surface area (Å²) >= 11 is 0. The summed E-state index contributed by atoms with van der Waals surface area (Å²) in [5.74, 6) is 1.26. The van der Waals surface area contributed by atoms with Crippen LogP contribution in [0, 0.1) is 12.8 Å². The third kappa shape index (κ3) is 3.16. The van der Waals surface area contributed by atoms with Crippen LogP contribution in [0.2, 0.25) is 0 Å². The molecule has 0 aliphatic carbocycles. The summed E-state index contributed by atoms with van der Waals surface area (Å²) in [7, 11) is 1.36. The number of aliphatic hydroxyl groups excluding tert-OH is 1. The molecule has 5 heteroatoms. The van der Waals surface area contributed by atoms with Gasteiger partial charge in [0.05, 0.1) is 19.8 Å². The molecule has 0 aromatic carbocycles. The monoisotopic (exact) mass is 267 g/mol. The quantitative estimate of drug-likeness (QED) is 0.842. The first kappa shape index (κ1) is 14.1. The molecule has 2 unspecified atom stereocenters. The van der Waals surface area contributed by atoms with Crippen LogP contribution in [0.15, 0.2) is 10.5 Å². The van der Waals surface area contributed by atoms with Gasteiger partial charge in [0, 0.05) is 13.1 Å². The molecular weight excluding hydrogens is 246 g/mol. The molecule has 106 valence electrons. The van der Waals surface area contributed by atoms with E-state index in [-0.39, 0.29) is 18.0 Å². The first-order valence-corrected chi connectivity index (χ1v) is 6.59. The number of carbonyl (C=O) groups excluding carboxylic acids is 1. The number of nitrogens with zero attached hydrogens (tertiary/aromatic N) is 1. The zero-order chi connectivity index (χ0) is 14.0. The van der Waals surface area contributed by atoms with Crippen LogP contribution in [-0.2, 0) is 11.3 Å². The van der Waals surface area contributed by atoms with E-state index in [9.17, 15) is 9.90 Å². The number of hydrogen-bond acceptors (Lipinski definition) is 5. The highest BCUT2D eigenvalue weighted by atomic mass is 16.5. The first-order valence-electron chi connectivity index (χ1n) is 6.59. The summed E-state index contributed by atoms with van der Waals surface area (Å²) in [4.78, 5) is 13.7. The average Bonchev–Trinajstić information content (AvgIpc) is 2.74. The zero-order valence-electron chi connectivity index (χ0n) is 11.7. The zero-order valence-corrected chi connectivity index (χ0v) is 11.7. The molecule has 0 bridgehead atoms. The Morgan fingerprint density at radius 2 is 2.37 bits per heavy atom. The molecule has 0 spiro atoms. The molecule has 5 nitrogen and oxygen atoms in total. The lowest BCUT2D eigenvalue weighted by Gasteiger charge is -2.33. The second-order valence-corrected chi connectivity index (χ2v) is 5.24. The topological polar surface area (TPSA) is 62.9 Å². The number of esters is 1. The van der Waals surface area contributed by atoms with Gasteiger partial charge in [0.25, 0.3) is 0 Å². The second kappa shape index (κ2) is 5.75. The largest absolute Gasteiger partial charge is 0.465 e. The smallest absolute Gasteiger partial charge is 0.341 e. The van der Waals surface area contributed by atoms with Crippen LogP contribution in [0.3, 0.4) is 0 Å². The number of hydrogen-bond donors (Lipinski definition) is 1. The number of carbonyl (C=O) groups is 1. The van der Waals surface area contributed by atoms with Gasteiger partial charge in [0.15, 0.2) is 0 Å². The SMILES string of the molecule is COC(=O)c1cc(CN2CCC(O)C(C)C2)oc1C. The van der Waals surface area contributed by atoms with Gasteiger partial charge >= 0.3 is 5.97 Å². The number of furan rings is 1. The molecule has 0 amide bonds. The highest BCUT2D eigenvalue weighted by molar-refractivity contribution is 5.90. The lowest BCUT2D eigenvalue weighted by Crippen LogP contribution is -2.41. The van der Waals surface area contributed by atoms with Gasteiger partial charge in [-0.2, -0.15) is 0 Å². The number of ether oxygens (including phenoxy) is 1. The van der Waals surface area contributed by atoms with Crippen molar-refractivity contribution < 1.29 is 19.1 Å². The Morgan fingerprint density at radius 1 is 1.63 bits per heavy atom. The van der Waals surface area contributed by atoms with Crippen molar-refractivity contribution in [2.45, 2.75) is 32.9 Å². The van der Waals surface area contributed by atoms with Crippen LogP contribution >= 0.6 is 0 Å². The lowest BCUT2D eigenvalue weighted by atomic mass is 9.97. The van der Waals surface area contributed by atoms with Gasteiger partial charge in [-0.05, 0) is 25.3 Å². The normalized spacial score (nSPS) is 24.4. The molecule has 0 saturated carbocycles. The van der Waals surface area contributed by atoms with E-state index in [1.807, 2.05) is 6.92 Å². The van der Waals surface area contributed by atoms with Crippen molar-refractivity contribution in [1.29, 1.82) is 0 Å². The minimum Gasteiger partial charge on any atom is -0.465 e. The van der Waals surface area contributed by atoms with Crippen molar-refractivity contribution in [2.24, 2.45) is 5.92 Å². The number of aryl methyl sites for hydroxylation is 1. The van der Waals surface area contributed by atoms with E-state index < -0.39 is 0 Å². The highest BCUT2D eigenvalue weighted by Gasteiger charge is 2.25. The van der Waals surface area contributed by atoms with Crippen LogP contribution in [0.4, 0.5) is 0 Å². The van der Waals surface area contributed by atoms with Gasteiger partial charge in [0.1, 0.15) is 17.1 Å². The Hall–Kier alpha value is -1.33. The molecule has 2 heterocycles. The summed E-state index contributed by atoms with van der Waals surface area (Å²) in [6, 6.07) is 1.75. The van der Waals surface area contributed by atoms with Gasteiger partial charge < -0.3 is 14.3 Å². The summed E-state index contributed by atoms with van der Waals surface area (Å²) in [5.41, 5.74) is 0.489. The molecule has 1 aromatic heterocycles. The molecule has 1 aliphatic heterocycles. The van der Waals surface area contributed by atoms with Crippen molar-refractivity contribution >= 4 is 5.97 Å². The molecule has 19 heavy (non-hydrogen) atoms. The Bertz CT molecular complexity index is 454. The minimum absolute atomic E-state index is 0.208. The molecule has 0 radical (unpaired) electrons. The molecule has 1 N–H and O–H groups in total. The number of aliphatic hydroxyl groups is 1. The number of piperidine rings is 1. The summed E-state index contributed by atoms with van der Waals surface area (Å²) in [6.45, 7) is 6.16. The second-order valence-electron chi connectivity index (χ2n) is 5.24. The van der Waals surface area contributed by atoms with E-state index in [0.29, 0.717) is 17.9 Å². The fraction of sp³-hybridized carbons (Fsp3) is 0.643. The first-order chi connectivity index (χ1) is 9.01. The lowest BCUT2D eigenvalue weighted by molar-refractivity contribution is 0.0295. The summed E-state index contributed by atoms with van der Waals surface area (Å²) in [6.07, 6.45) is 0.574. The third-order valence-electron chi connectivity index (χ3n) is 3.70. The van der Waals surface area contributed by atoms with Crippen molar-refractivity contribution in [3.63, 3.8) is 0 Å². The van der Waals surface area contributed by atoms with Gasteiger partial charge in [-0.3, -0.25) is 4.90 Å². The maximum Gasteiger partial charge on any atom is 0.341 e. The fourth-order valence-electron chi connectivity index (χ4n) is 2.52. The molecule has 1 saturated heterocycles. The predicted octanol–water partition coefficient (Wildman–Crippen LogP) is 1.58. The van der Waals surface area contributed by atoms with Crippen LogP contribution in [-0.4, -0.2) is 42.3 Å². The predicted molar refractivity (Wildman–Crippen MR) is 69.8 cm³/mol. The molecule has 1 aliphatic rings. The Morgan fingerprint density at radius 3 is 3.00 bits per heavy atom. The maximum atomic E-state index is 11.5. The van der Waals surface area contributed by atoms with Crippen molar-refractivity contribution in [1.82, 2.24) is 4.90 Å². The molecule has 2 atom stereocenters. The number of methoxy groups -OCH3 is 1. The molecule has 2 rings (SSSR count). The minimum atomic E-state index is -0.366. The van der Waals surface area contributed by atoms with Crippen LogP contribution in [0.5, 0.6) is 0 Å². The standard InChI is InChI=1S/C14H21NO4/c1-9-7-15(5-4-13(9)16)8-11-6-12(10(2)19-11)14(17)18-3/h6,9,13,16H,4-5,7-8H2,1-3H3. The maximum absolute atomic E-state index is 11.5. The fourth-order valence-corrected chi connectivity index (χ4v) is 2.52. The Kier molecular flexibility index (Phi) is 4.27.